The highest BCUT2D eigenvalue weighted by Gasteiger charge is 2.42. The molecule has 0 bridgehead atoms. The number of amides is 3. The summed E-state index contributed by atoms with van der Waals surface area (Å²) in [5, 5.41) is 5.60. The number of carbonyl (C=O) groups excluding carboxylic acids is 4. The molecule has 3 amide bonds. The third-order valence-corrected chi connectivity index (χ3v) is 12.1. The molecule has 59 heavy (non-hydrogen) atoms. The zero-order valence-corrected chi connectivity index (χ0v) is 33.3. The first-order chi connectivity index (χ1) is 28.6. The van der Waals surface area contributed by atoms with Gasteiger partial charge in [0.15, 0.2) is 0 Å². The van der Waals surface area contributed by atoms with Gasteiger partial charge in [-0.3, -0.25) is 14.6 Å². The quantitative estimate of drug-likeness (QED) is 0.143. The molecule has 0 spiro atoms. The van der Waals surface area contributed by atoms with E-state index in [0.29, 0.717) is 43.0 Å². The van der Waals surface area contributed by atoms with Crippen molar-refractivity contribution in [2.24, 2.45) is 5.92 Å². The average Bonchev–Trinajstić information content (AvgIpc) is 4.07. The van der Waals surface area contributed by atoms with Crippen LogP contribution in [-0.2, 0) is 32.0 Å². The second-order valence-electron chi connectivity index (χ2n) is 16.0. The number of carbonyl (C=O) groups is 4. The molecule has 4 aromatic heterocycles. The molecule has 304 valence electrons. The number of nitrogens with one attached hydrogen (secondary N) is 4. The van der Waals surface area contributed by atoms with Gasteiger partial charge in [-0.1, -0.05) is 26.0 Å². The largest absolute Gasteiger partial charge is 0.453 e. The van der Waals surface area contributed by atoms with Crippen LogP contribution in [0.2, 0.25) is 0 Å². The van der Waals surface area contributed by atoms with Gasteiger partial charge in [0.25, 0.3) is 0 Å². The Morgan fingerprint density at radius 3 is 2.49 bits per heavy atom. The van der Waals surface area contributed by atoms with E-state index in [4.69, 9.17) is 29.4 Å². The van der Waals surface area contributed by atoms with Gasteiger partial charge in [-0.25, -0.2) is 24.5 Å². The Kier molecular flexibility index (Phi) is 9.85. The second-order valence-corrected chi connectivity index (χ2v) is 16.0. The van der Waals surface area contributed by atoms with Crippen LogP contribution in [0.4, 0.5) is 9.59 Å². The Morgan fingerprint density at radius 2 is 1.69 bits per heavy atom. The number of alkyl carbamates (subject to hydrolysis) is 2. The Bertz CT molecular complexity index is 2610. The summed E-state index contributed by atoms with van der Waals surface area (Å²) in [7, 11) is 2.62. The van der Waals surface area contributed by atoms with Gasteiger partial charge >= 0.3 is 12.2 Å². The van der Waals surface area contributed by atoms with Gasteiger partial charge in [-0.05, 0) is 67.5 Å². The Morgan fingerprint density at radius 1 is 0.898 bits per heavy atom. The summed E-state index contributed by atoms with van der Waals surface area (Å²) in [6.45, 7) is 4.96. The van der Waals surface area contributed by atoms with Gasteiger partial charge in [-0.2, -0.15) is 0 Å². The third kappa shape index (κ3) is 7.05. The van der Waals surface area contributed by atoms with Crippen LogP contribution in [-0.4, -0.2) is 96.1 Å². The minimum absolute atomic E-state index is 0.0804. The van der Waals surface area contributed by atoms with Crippen molar-refractivity contribution in [1.29, 1.82) is 0 Å². The molecule has 1 fully saturated rings. The average molecular weight is 799 g/mol. The zero-order valence-electron chi connectivity index (χ0n) is 33.3. The van der Waals surface area contributed by atoms with E-state index in [2.05, 4.69) is 31.2 Å². The number of ether oxygens (including phenoxy) is 2. The number of aryl methyl sites for hydroxylation is 1. The molecule has 16 heteroatoms. The molecule has 2 aliphatic heterocycles. The van der Waals surface area contributed by atoms with Crippen LogP contribution in [0.15, 0.2) is 61.1 Å². The lowest BCUT2D eigenvalue weighted by Gasteiger charge is -2.31. The molecule has 9 rings (SSSR count). The van der Waals surface area contributed by atoms with Crippen molar-refractivity contribution < 1.29 is 28.7 Å². The number of Topliss-reactive ketones (excluding diaryl/α,β-unsaturated/α-hetero) is 1. The van der Waals surface area contributed by atoms with Crippen molar-refractivity contribution in [2.75, 3.05) is 20.8 Å². The van der Waals surface area contributed by atoms with E-state index < -0.39 is 24.1 Å². The van der Waals surface area contributed by atoms with E-state index in [0.717, 1.165) is 69.7 Å². The van der Waals surface area contributed by atoms with E-state index in [1.807, 2.05) is 62.6 Å². The van der Waals surface area contributed by atoms with Gasteiger partial charge < -0.3 is 39.5 Å². The molecule has 3 aliphatic rings. The Labute approximate surface area is 339 Å². The highest BCUT2D eigenvalue weighted by molar-refractivity contribution is 5.90. The Hall–Kier alpha value is -6.58. The summed E-state index contributed by atoms with van der Waals surface area (Å²) in [4.78, 5) is 79.8. The number of ketones is 1. The van der Waals surface area contributed by atoms with Crippen LogP contribution < -0.4 is 10.6 Å². The lowest BCUT2D eigenvalue weighted by atomic mass is 9.79. The normalized spacial score (nSPS) is 20.7. The van der Waals surface area contributed by atoms with Gasteiger partial charge in [0, 0.05) is 60.7 Å². The van der Waals surface area contributed by atoms with Crippen LogP contribution in [0, 0.1) is 5.92 Å². The van der Waals surface area contributed by atoms with Crippen molar-refractivity contribution >= 4 is 45.9 Å². The zero-order chi connectivity index (χ0) is 40.9. The number of likely N-dealkylation sites (tertiary alicyclic amines) is 1. The molecule has 1 saturated heterocycles. The van der Waals surface area contributed by atoms with Crippen molar-refractivity contribution in [1.82, 2.24) is 50.0 Å². The molecule has 5 atom stereocenters. The maximum absolute atomic E-state index is 13.9. The predicted octanol–water partition coefficient (Wildman–Crippen LogP) is 5.92. The van der Waals surface area contributed by atoms with E-state index >= 15 is 0 Å². The smallest absolute Gasteiger partial charge is 0.407 e. The highest BCUT2D eigenvalue weighted by atomic mass is 16.5. The van der Waals surface area contributed by atoms with Crippen molar-refractivity contribution in [3.8, 4) is 22.5 Å². The summed E-state index contributed by atoms with van der Waals surface area (Å²) in [6.07, 6.45) is 7.82. The summed E-state index contributed by atoms with van der Waals surface area (Å²) in [5.41, 5.74) is 8.36. The molecule has 0 radical (unpaired) electrons. The minimum Gasteiger partial charge on any atom is -0.453 e. The topological polar surface area (TPSA) is 202 Å². The fourth-order valence-corrected chi connectivity index (χ4v) is 9.08. The van der Waals surface area contributed by atoms with E-state index in [1.54, 1.807) is 11.1 Å². The number of imidazole rings is 2. The van der Waals surface area contributed by atoms with Crippen molar-refractivity contribution in [3.63, 3.8) is 0 Å². The van der Waals surface area contributed by atoms with E-state index in [1.165, 1.54) is 14.2 Å². The van der Waals surface area contributed by atoms with Crippen molar-refractivity contribution in [3.05, 3.63) is 84.0 Å². The third-order valence-electron chi connectivity index (χ3n) is 12.1. The van der Waals surface area contributed by atoms with Gasteiger partial charge in [-0.15, -0.1) is 0 Å². The molecule has 16 nitrogen and oxygen atoms in total. The minimum atomic E-state index is -0.707. The molecule has 6 aromatic rings. The molecule has 0 saturated carbocycles. The fraction of sp³-hybridized carbons (Fsp3) is 0.395. The number of aromatic amines is 2. The molecule has 1 aliphatic carbocycles. The van der Waals surface area contributed by atoms with Crippen LogP contribution in [0.5, 0.6) is 0 Å². The summed E-state index contributed by atoms with van der Waals surface area (Å²) in [6, 6.07) is 12.6. The molecular weight excluding hydrogens is 753 g/mol. The molecular formula is C43H46N10O6. The second kappa shape index (κ2) is 15.3. The number of aromatic nitrogens is 7. The first-order valence-electron chi connectivity index (χ1n) is 20.1. The number of nitrogens with zero attached hydrogens (tertiary/aromatic N) is 6. The first kappa shape index (κ1) is 38.0. The maximum atomic E-state index is 13.9. The molecule has 2 aromatic carbocycles. The number of H-pyrrole nitrogens is 2. The Balaban J connectivity index is 0.921. The van der Waals surface area contributed by atoms with E-state index in [-0.39, 0.29) is 35.6 Å². The lowest BCUT2D eigenvalue weighted by molar-refractivity contribution is -0.135. The van der Waals surface area contributed by atoms with Crippen LogP contribution in [0.1, 0.15) is 80.3 Å². The highest BCUT2D eigenvalue weighted by Crippen LogP contribution is 2.40. The molecule has 4 N–H and O–H groups in total. The predicted molar refractivity (Wildman–Crippen MR) is 217 cm³/mol. The number of rotatable bonds is 8. The summed E-state index contributed by atoms with van der Waals surface area (Å²) < 4.78 is 11.8. The first-order valence-corrected chi connectivity index (χ1v) is 20.1. The summed E-state index contributed by atoms with van der Waals surface area (Å²) in [5.74, 6) is 0.623. The lowest BCUT2D eigenvalue weighted by Crippen LogP contribution is -2.51. The van der Waals surface area contributed by atoms with Gasteiger partial charge in [0.05, 0.1) is 65.8 Å². The van der Waals surface area contributed by atoms with Crippen LogP contribution >= 0.6 is 0 Å². The SMILES string of the molecule is COC(=O)N[C@H]1CCc2ccn3c2C1C(=O)C[C@H](c1nc2ccc(-c4cnc5cc(-c6c[nH]c([C@@H]7CCCN7C(=O)[C@@H](NC(=O)OC)C(C)C)n6)ccc5n4)cc2[nH]1)C3. The number of hydrogen-bond acceptors (Lipinski definition) is 10. The molecule has 1 unspecified atom stereocenters. The van der Waals surface area contributed by atoms with Crippen LogP contribution in [0.25, 0.3) is 44.6 Å². The number of hydrogen-bond donors (Lipinski definition) is 4. The van der Waals surface area contributed by atoms with E-state index in [9.17, 15) is 19.2 Å². The monoisotopic (exact) mass is 798 g/mol. The fourth-order valence-electron chi connectivity index (χ4n) is 9.08. The number of benzene rings is 2. The van der Waals surface area contributed by atoms with Gasteiger partial charge in [0.1, 0.15) is 23.5 Å². The maximum Gasteiger partial charge on any atom is 0.407 e. The van der Waals surface area contributed by atoms with Crippen LogP contribution in [0.3, 0.4) is 0 Å². The number of fused-ring (bicyclic) bond motifs is 2. The van der Waals surface area contributed by atoms with Crippen molar-refractivity contribution in [2.45, 2.75) is 82.5 Å². The molecule has 6 heterocycles. The standard InChI is InChI=1S/C43H46N10O6/c1-22(2)37(51-43(57)59-4)41(55)53-14-5-6-34(53)40-45-20-33(49-40)24-8-10-27-30(16-24)44-19-32(46-27)25-9-11-28-31(17-25)48-39(47-28)26-18-35(54)36-29(50-42(56)58-3)12-7-23-13-15-52(21-26)38(23)36/h8-11,13,15-17,19-20,22,26,29,34,36-37H,5-7,12,14,18,21H2,1-4H3,(H,45,49)(H,47,48)(H,50,56)(H,51,57)/t26-,29-,34-,36?,37-/m0/s1. The summed E-state index contributed by atoms with van der Waals surface area (Å²) >= 11 is 0. The number of methoxy groups -OCH3 is 2. The van der Waals surface area contributed by atoms with Gasteiger partial charge in [0.2, 0.25) is 5.91 Å².